The van der Waals surface area contributed by atoms with Crippen molar-refractivity contribution in [2.45, 2.75) is 26.3 Å². The first-order valence-corrected chi connectivity index (χ1v) is 6.03. The standard InChI is InChI=1S/C14H21N3/c1-5-9-15-12(3)14-8-7-13(11-16-14)17(4)10-6-2/h2,7-8,11-12,15H,5,9-10H2,1,3-4H3. The molecule has 0 amide bonds. The van der Waals surface area contributed by atoms with Crippen molar-refractivity contribution in [1.82, 2.24) is 10.3 Å². The fourth-order valence-electron chi connectivity index (χ4n) is 1.57. The third-order valence-corrected chi connectivity index (χ3v) is 2.68. The van der Waals surface area contributed by atoms with Crippen LogP contribution in [0.15, 0.2) is 18.3 Å². The lowest BCUT2D eigenvalue weighted by atomic mass is 10.2. The summed E-state index contributed by atoms with van der Waals surface area (Å²) in [5.74, 6) is 2.62. The first-order valence-electron chi connectivity index (χ1n) is 6.03. The van der Waals surface area contributed by atoms with Crippen LogP contribution < -0.4 is 10.2 Å². The van der Waals surface area contributed by atoms with Gasteiger partial charge in [0.1, 0.15) is 0 Å². The van der Waals surface area contributed by atoms with Crippen molar-refractivity contribution in [1.29, 1.82) is 0 Å². The summed E-state index contributed by atoms with van der Waals surface area (Å²) in [4.78, 5) is 6.46. The molecule has 0 saturated carbocycles. The summed E-state index contributed by atoms with van der Waals surface area (Å²) in [6, 6.07) is 4.40. The molecule has 0 bridgehead atoms. The van der Waals surface area contributed by atoms with Gasteiger partial charge in [-0.2, -0.15) is 0 Å². The van der Waals surface area contributed by atoms with E-state index >= 15 is 0 Å². The monoisotopic (exact) mass is 231 g/mol. The fraction of sp³-hybridized carbons (Fsp3) is 0.500. The molecule has 0 aliphatic carbocycles. The highest BCUT2D eigenvalue weighted by molar-refractivity contribution is 5.45. The Labute approximate surface area is 104 Å². The summed E-state index contributed by atoms with van der Waals surface area (Å²) in [5.41, 5.74) is 2.12. The van der Waals surface area contributed by atoms with Crippen LogP contribution in [0.3, 0.4) is 0 Å². The van der Waals surface area contributed by atoms with Crippen molar-refractivity contribution in [3.63, 3.8) is 0 Å². The fourth-order valence-corrected chi connectivity index (χ4v) is 1.57. The van der Waals surface area contributed by atoms with Crippen LogP contribution in [-0.2, 0) is 0 Å². The average Bonchev–Trinajstić information content (AvgIpc) is 2.36. The zero-order chi connectivity index (χ0) is 12.7. The third kappa shape index (κ3) is 4.08. The van der Waals surface area contributed by atoms with E-state index in [0.29, 0.717) is 12.6 Å². The summed E-state index contributed by atoms with van der Waals surface area (Å²) < 4.78 is 0. The Kier molecular flexibility index (Phi) is 5.51. The van der Waals surface area contributed by atoms with Crippen LogP contribution in [0.1, 0.15) is 32.0 Å². The summed E-state index contributed by atoms with van der Waals surface area (Å²) in [6.45, 7) is 5.90. The van der Waals surface area contributed by atoms with Crippen LogP contribution in [0.25, 0.3) is 0 Å². The van der Waals surface area contributed by atoms with Crippen molar-refractivity contribution in [3.05, 3.63) is 24.0 Å². The molecule has 0 aliphatic heterocycles. The number of terminal acetylenes is 1. The van der Waals surface area contributed by atoms with Gasteiger partial charge in [0.25, 0.3) is 0 Å². The van der Waals surface area contributed by atoms with E-state index in [2.05, 4.69) is 42.2 Å². The Morgan fingerprint density at radius 3 is 2.82 bits per heavy atom. The SMILES string of the molecule is C#CCN(C)c1ccc(C(C)NCCC)nc1. The highest BCUT2D eigenvalue weighted by Crippen LogP contribution is 2.15. The Bertz CT molecular complexity index is 364. The molecule has 0 aliphatic rings. The minimum atomic E-state index is 0.293. The van der Waals surface area contributed by atoms with Gasteiger partial charge in [-0.05, 0) is 32.0 Å². The van der Waals surface area contributed by atoms with Crippen molar-refractivity contribution >= 4 is 5.69 Å². The maximum absolute atomic E-state index is 5.28. The van der Waals surface area contributed by atoms with Gasteiger partial charge >= 0.3 is 0 Å². The van der Waals surface area contributed by atoms with E-state index in [1.165, 1.54) is 0 Å². The molecule has 1 aromatic rings. The maximum Gasteiger partial charge on any atom is 0.0789 e. The smallest absolute Gasteiger partial charge is 0.0789 e. The quantitative estimate of drug-likeness (QED) is 0.761. The summed E-state index contributed by atoms with van der Waals surface area (Å²) in [7, 11) is 1.97. The topological polar surface area (TPSA) is 28.2 Å². The molecule has 0 radical (unpaired) electrons. The molecule has 0 spiro atoms. The average molecular weight is 231 g/mol. The van der Waals surface area contributed by atoms with Crippen LogP contribution in [-0.4, -0.2) is 25.1 Å². The second-order valence-electron chi connectivity index (χ2n) is 4.18. The Hall–Kier alpha value is -1.53. The van der Waals surface area contributed by atoms with Gasteiger partial charge in [-0.25, -0.2) is 0 Å². The zero-order valence-electron chi connectivity index (χ0n) is 10.9. The molecular weight excluding hydrogens is 210 g/mol. The predicted molar refractivity (Wildman–Crippen MR) is 73.0 cm³/mol. The molecule has 0 fully saturated rings. The van der Waals surface area contributed by atoms with Crippen LogP contribution in [0.2, 0.25) is 0 Å². The maximum atomic E-state index is 5.28. The molecule has 0 saturated heterocycles. The molecular formula is C14H21N3. The molecule has 1 rings (SSSR count). The van der Waals surface area contributed by atoms with Crippen LogP contribution >= 0.6 is 0 Å². The molecule has 17 heavy (non-hydrogen) atoms. The number of rotatable bonds is 6. The van der Waals surface area contributed by atoms with E-state index < -0.39 is 0 Å². The van der Waals surface area contributed by atoms with E-state index in [0.717, 1.165) is 24.3 Å². The lowest BCUT2D eigenvalue weighted by Gasteiger charge is -2.17. The minimum absolute atomic E-state index is 0.293. The summed E-state index contributed by atoms with van der Waals surface area (Å²) in [6.07, 6.45) is 8.28. The van der Waals surface area contributed by atoms with Crippen molar-refractivity contribution in [2.24, 2.45) is 0 Å². The van der Waals surface area contributed by atoms with Gasteiger partial charge in [0, 0.05) is 13.1 Å². The van der Waals surface area contributed by atoms with E-state index in [1.54, 1.807) is 0 Å². The number of nitrogens with zero attached hydrogens (tertiary/aromatic N) is 2. The van der Waals surface area contributed by atoms with Crippen molar-refractivity contribution in [3.8, 4) is 12.3 Å². The van der Waals surface area contributed by atoms with Gasteiger partial charge in [0.15, 0.2) is 0 Å². The second kappa shape index (κ2) is 6.93. The molecule has 92 valence electrons. The minimum Gasteiger partial charge on any atom is -0.362 e. The third-order valence-electron chi connectivity index (χ3n) is 2.68. The number of anilines is 1. The number of pyridine rings is 1. The predicted octanol–water partition coefficient (Wildman–Crippen LogP) is 2.21. The molecule has 3 nitrogen and oxygen atoms in total. The lowest BCUT2D eigenvalue weighted by Crippen LogP contribution is -2.21. The van der Waals surface area contributed by atoms with Crippen molar-refractivity contribution in [2.75, 3.05) is 25.0 Å². The molecule has 1 heterocycles. The highest BCUT2D eigenvalue weighted by atomic mass is 15.1. The van der Waals surface area contributed by atoms with Gasteiger partial charge in [-0.3, -0.25) is 4.98 Å². The van der Waals surface area contributed by atoms with Gasteiger partial charge in [-0.1, -0.05) is 12.8 Å². The number of aromatic nitrogens is 1. The Balaban J connectivity index is 2.64. The number of hydrogen-bond acceptors (Lipinski definition) is 3. The van der Waals surface area contributed by atoms with Crippen LogP contribution in [0.4, 0.5) is 5.69 Å². The van der Waals surface area contributed by atoms with E-state index in [-0.39, 0.29) is 0 Å². The zero-order valence-corrected chi connectivity index (χ0v) is 10.9. The Morgan fingerprint density at radius 2 is 2.29 bits per heavy atom. The summed E-state index contributed by atoms with van der Waals surface area (Å²) in [5, 5.41) is 3.41. The van der Waals surface area contributed by atoms with E-state index in [1.807, 2.05) is 18.1 Å². The molecule has 1 N–H and O–H groups in total. The summed E-state index contributed by atoms with van der Waals surface area (Å²) >= 11 is 0. The second-order valence-corrected chi connectivity index (χ2v) is 4.18. The Morgan fingerprint density at radius 1 is 1.53 bits per heavy atom. The molecule has 1 atom stereocenters. The lowest BCUT2D eigenvalue weighted by molar-refractivity contribution is 0.558. The van der Waals surface area contributed by atoms with Crippen LogP contribution in [0, 0.1) is 12.3 Å². The van der Waals surface area contributed by atoms with Crippen LogP contribution in [0.5, 0.6) is 0 Å². The normalized spacial score (nSPS) is 11.9. The first-order chi connectivity index (χ1) is 8.19. The van der Waals surface area contributed by atoms with E-state index in [9.17, 15) is 0 Å². The van der Waals surface area contributed by atoms with Gasteiger partial charge in [0.05, 0.1) is 24.1 Å². The van der Waals surface area contributed by atoms with Crippen molar-refractivity contribution < 1.29 is 0 Å². The molecule has 0 aromatic carbocycles. The molecule has 1 aromatic heterocycles. The molecule has 1 unspecified atom stereocenters. The largest absolute Gasteiger partial charge is 0.362 e. The molecule has 3 heteroatoms. The van der Waals surface area contributed by atoms with Gasteiger partial charge < -0.3 is 10.2 Å². The van der Waals surface area contributed by atoms with Gasteiger partial charge in [0.2, 0.25) is 0 Å². The number of nitrogens with one attached hydrogen (secondary N) is 1. The van der Waals surface area contributed by atoms with E-state index in [4.69, 9.17) is 6.42 Å². The van der Waals surface area contributed by atoms with Gasteiger partial charge in [-0.15, -0.1) is 6.42 Å². The first kappa shape index (κ1) is 13.5. The highest BCUT2D eigenvalue weighted by Gasteiger charge is 2.06. The number of hydrogen-bond donors (Lipinski definition) is 1.